The Labute approximate surface area is 136 Å². The van der Waals surface area contributed by atoms with Crippen molar-refractivity contribution in [3.8, 4) is 0 Å². The number of carbonyl (C=O) groups is 1. The quantitative estimate of drug-likeness (QED) is 0.789. The highest BCUT2D eigenvalue weighted by Gasteiger charge is 2.33. The van der Waals surface area contributed by atoms with Crippen molar-refractivity contribution in [2.45, 2.75) is 20.8 Å². The van der Waals surface area contributed by atoms with Crippen molar-refractivity contribution in [3.63, 3.8) is 0 Å². The van der Waals surface area contributed by atoms with Gasteiger partial charge in [-0.1, -0.05) is 30.3 Å². The van der Waals surface area contributed by atoms with E-state index in [0.29, 0.717) is 0 Å². The number of benzene rings is 2. The van der Waals surface area contributed by atoms with Gasteiger partial charge in [-0.25, -0.2) is 0 Å². The molecule has 116 valence electrons. The number of hydrogen-bond donors (Lipinski definition) is 0. The van der Waals surface area contributed by atoms with Crippen LogP contribution in [0.2, 0.25) is 0 Å². The van der Waals surface area contributed by atoms with E-state index in [0.717, 1.165) is 28.2 Å². The number of para-hydroxylation sites is 1. The van der Waals surface area contributed by atoms with Crippen LogP contribution in [0.15, 0.2) is 58.6 Å². The lowest BCUT2D eigenvalue weighted by Crippen LogP contribution is -2.27. The molecule has 4 heteroatoms. The summed E-state index contributed by atoms with van der Waals surface area (Å²) in [6.07, 6.45) is 1.70. The van der Waals surface area contributed by atoms with Crippen molar-refractivity contribution < 1.29 is 4.79 Å². The molecule has 0 spiro atoms. The first-order chi connectivity index (χ1) is 11.1. The molecular formula is C19H19N3O. The predicted octanol–water partition coefficient (Wildman–Crippen LogP) is 4.04. The molecule has 0 aromatic heterocycles. The lowest BCUT2D eigenvalue weighted by atomic mass is 10.1. The molecule has 0 aliphatic carbocycles. The van der Waals surface area contributed by atoms with Crippen LogP contribution in [0.5, 0.6) is 0 Å². The molecule has 0 fully saturated rings. The molecule has 2 aromatic carbocycles. The summed E-state index contributed by atoms with van der Waals surface area (Å²) in [6.45, 7) is 5.91. The highest BCUT2D eigenvalue weighted by Crippen LogP contribution is 2.24. The van der Waals surface area contributed by atoms with Crippen molar-refractivity contribution in [1.29, 1.82) is 0 Å². The number of amides is 1. The van der Waals surface area contributed by atoms with Gasteiger partial charge in [0.1, 0.15) is 5.92 Å². The van der Waals surface area contributed by atoms with E-state index in [-0.39, 0.29) is 5.91 Å². The van der Waals surface area contributed by atoms with Gasteiger partial charge >= 0.3 is 0 Å². The Bertz CT molecular complexity index is 794. The third-order valence-electron chi connectivity index (χ3n) is 3.91. The van der Waals surface area contributed by atoms with E-state index >= 15 is 0 Å². The Morgan fingerprint density at radius 2 is 1.83 bits per heavy atom. The Morgan fingerprint density at radius 3 is 2.57 bits per heavy atom. The van der Waals surface area contributed by atoms with Crippen LogP contribution < -0.4 is 5.01 Å². The van der Waals surface area contributed by atoms with E-state index in [2.05, 4.69) is 16.2 Å². The number of rotatable bonds is 3. The van der Waals surface area contributed by atoms with Crippen molar-refractivity contribution >= 4 is 29.2 Å². The van der Waals surface area contributed by atoms with Crippen LogP contribution in [0.3, 0.4) is 0 Å². The van der Waals surface area contributed by atoms with E-state index in [1.165, 1.54) is 5.01 Å². The molecule has 0 bridgehead atoms. The van der Waals surface area contributed by atoms with Crippen LogP contribution in [0.4, 0.5) is 11.4 Å². The summed E-state index contributed by atoms with van der Waals surface area (Å²) in [5.74, 6) is -0.474. The second-order valence-electron chi connectivity index (χ2n) is 5.77. The smallest absolute Gasteiger partial charge is 0.261 e. The fourth-order valence-electron chi connectivity index (χ4n) is 2.52. The topological polar surface area (TPSA) is 45.0 Å². The molecule has 0 unspecified atom stereocenters. The predicted molar refractivity (Wildman–Crippen MR) is 94.6 cm³/mol. The van der Waals surface area contributed by atoms with Gasteiger partial charge < -0.3 is 0 Å². The SMILES string of the molecule is CC1=NN(c2ccccc2)C(=O)[C@H]1C=Nc1cc(C)ccc1C. The molecule has 3 rings (SSSR count). The largest absolute Gasteiger partial charge is 0.271 e. The van der Waals surface area contributed by atoms with Crippen LogP contribution >= 0.6 is 0 Å². The molecule has 2 aromatic rings. The van der Waals surface area contributed by atoms with Gasteiger partial charge in [-0.3, -0.25) is 9.79 Å². The highest BCUT2D eigenvalue weighted by molar-refractivity contribution is 6.23. The molecule has 1 amide bonds. The van der Waals surface area contributed by atoms with Crippen LogP contribution in [0.25, 0.3) is 0 Å². The van der Waals surface area contributed by atoms with E-state index in [4.69, 9.17) is 0 Å². The lowest BCUT2D eigenvalue weighted by Gasteiger charge is -2.12. The van der Waals surface area contributed by atoms with E-state index < -0.39 is 5.92 Å². The zero-order valence-electron chi connectivity index (χ0n) is 13.5. The van der Waals surface area contributed by atoms with Crippen LogP contribution in [-0.4, -0.2) is 17.8 Å². The van der Waals surface area contributed by atoms with Gasteiger partial charge in [0.25, 0.3) is 5.91 Å². The zero-order chi connectivity index (χ0) is 16.4. The summed E-state index contributed by atoms with van der Waals surface area (Å²) in [7, 11) is 0. The summed E-state index contributed by atoms with van der Waals surface area (Å²) in [5.41, 5.74) is 4.67. The number of aliphatic imine (C=N–C) groups is 1. The van der Waals surface area contributed by atoms with Gasteiger partial charge in [-0.05, 0) is 50.1 Å². The van der Waals surface area contributed by atoms with E-state index in [1.807, 2.05) is 63.2 Å². The van der Waals surface area contributed by atoms with E-state index in [9.17, 15) is 4.79 Å². The second-order valence-corrected chi connectivity index (χ2v) is 5.77. The number of nitrogens with zero attached hydrogens (tertiary/aromatic N) is 3. The number of carbonyl (C=O) groups excluding carboxylic acids is 1. The highest BCUT2D eigenvalue weighted by atomic mass is 16.2. The first kappa shape index (κ1) is 15.2. The molecule has 0 radical (unpaired) electrons. The zero-order valence-corrected chi connectivity index (χ0v) is 13.5. The minimum Gasteiger partial charge on any atom is -0.271 e. The summed E-state index contributed by atoms with van der Waals surface area (Å²) in [5, 5.41) is 5.84. The molecule has 0 N–H and O–H groups in total. The van der Waals surface area contributed by atoms with Gasteiger partial charge in [0.2, 0.25) is 0 Å². The first-order valence-electron chi connectivity index (χ1n) is 7.62. The van der Waals surface area contributed by atoms with Crippen molar-refractivity contribution in [1.82, 2.24) is 0 Å². The summed E-state index contributed by atoms with van der Waals surface area (Å²) < 4.78 is 0. The maximum atomic E-state index is 12.6. The molecule has 4 nitrogen and oxygen atoms in total. The lowest BCUT2D eigenvalue weighted by molar-refractivity contribution is -0.118. The van der Waals surface area contributed by atoms with Crippen LogP contribution in [-0.2, 0) is 4.79 Å². The summed E-state index contributed by atoms with van der Waals surface area (Å²) in [6, 6.07) is 15.6. The maximum Gasteiger partial charge on any atom is 0.261 e. The van der Waals surface area contributed by atoms with Crippen molar-refractivity contribution in [2.24, 2.45) is 16.0 Å². The second kappa shape index (κ2) is 6.16. The Hall–Kier alpha value is -2.75. The molecule has 23 heavy (non-hydrogen) atoms. The van der Waals surface area contributed by atoms with Crippen molar-refractivity contribution in [2.75, 3.05) is 5.01 Å². The Balaban J connectivity index is 1.85. The van der Waals surface area contributed by atoms with Crippen LogP contribution in [0, 0.1) is 19.8 Å². The molecule has 0 saturated heterocycles. The van der Waals surface area contributed by atoms with Gasteiger partial charge in [-0.15, -0.1) is 0 Å². The van der Waals surface area contributed by atoms with E-state index in [1.54, 1.807) is 6.21 Å². The van der Waals surface area contributed by atoms with Gasteiger partial charge in [0.05, 0.1) is 17.1 Å². The third kappa shape index (κ3) is 3.06. The fourth-order valence-corrected chi connectivity index (χ4v) is 2.52. The molecule has 0 saturated carbocycles. The Kier molecular flexibility index (Phi) is 4.06. The third-order valence-corrected chi connectivity index (χ3v) is 3.91. The van der Waals surface area contributed by atoms with Crippen molar-refractivity contribution in [3.05, 3.63) is 59.7 Å². The van der Waals surface area contributed by atoms with Gasteiger partial charge in [0, 0.05) is 6.21 Å². The number of aryl methyl sites for hydroxylation is 2. The molecule has 1 aliphatic rings. The molecular weight excluding hydrogens is 286 g/mol. The minimum atomic E-state index is -0.407. The average molecular weight is 305 g/mol. The minimum absolute atomic E-state index is 0.0669. The number of anilines is 1. The summed E-state index contributed by atoms with van der Waals surface area (Å²) in [4.78, 5) is 17.1. The summed E-state index contributed by atoms with van der Waals surface area (Å²) >= 11 is 0. The average Bonchev–Trinajstić information content (AvgIpc) is 2.84. The van der Waals surface area contributed by atoms with Gasteiger partial charge in [0.15, 0.2) is 0 Å². The molecule has 1 heterocycles. The maximum absolute atomic E-state index is 12.6. The molecule has 1 atom stereocenters. The monoisotopic (exact) mass is 305 g/mol. The number of hydrazone groups is 1. The van der Waals surface area contributed by atoms with Gasteiger partial charge in [-0.2, -0.15) is 10.1 Å². The first-order valence-corrected chi connectivity index (χ1v) is 7.62. The fraction of sp³-hybridized carbons (Fsp3) is 0.211. The molecule has 1 aliphatic heterocycles. The number of hydrogen-bond acceptors (Lipinski definition) is 3. The Morgan fingerprint density at radius 1 is 1.09 bits per heavy atom. The standard InChI is InChI=1S/C19H19N3O/c1-13-9-10-14(2)18(11-13)20-12-17-15(3)21-22(19(17)23)16-7-5-4-6-8-16/h4-12,17H,1-3H3/t17-/m0/s1. The normalized spacial score (nSPS) is 17.9. The van der Waals surface area contributed by atoms with Crippen LogP contribution in [0.1, 0.15) is 18.1 Å².